The molecule has 0 aliphatic rings. The highest BCUT2D eigenvalue weighted by atomic mass is 79.9. The minimum atomic E-state index is -0.770. The van der Waals surface area contributed by atoms with Crippen LogP contribution in [0, 0.1) is 22.9 Å². The topological polar surface area (TPSA) is 72.2 Å². The fraction of sp³-hybridized carbons (Fsp3) is 0.0714. The maximum absolute atomic E-state index is 14.0. The minimum absolute atomic E-state index is 0.0450. The fourth-order valence-electron chi connectivity index (χ4n) is 1.79. The molecular weight excluding hydrogens is 343 g/mol. The standard InChI is InChI=1S/C14H10BrFN2O3/c1-8-5-11(18(20)21)7-12(13(8)16)14(19)17-10-4-2-3-9(15)6-10/h2-7H,1H3,(H,17,19). The molecule has 1 amide bonds. The Morgan fingerprint density at radius 1 is 1.33 bits per heavy atom. The Bertz CT molecular complexity index is 734. The first-order valence-corrected chi connectivity index (χ1v) is 6.69. The van der Waals surface area contributed by atoms with Gasteiger partial charge in [0.25, 0.3) is 11.6 Å². The van der Waals surface area contributed by atoms with Crippen LogP contribution in [-0.2, 0) is 0 Å². The van der Waals surface area contributed by atoms with Crippen molar-refractivity contribution in [2.45, 2.75) is 6.92 Å². The number of benzene rings is 2. The SMILES string of the molecule is Cc1cc([N+](=O)[O-])cc(C(=O)Nc2cccc(Br)c2)c1F. The lowest BCUT2D eigenvalue weighted by molar-refractivity contribution is -0.385. The fourth-order valence-corrected chi connectivity index (χ4v) is 2.19. The second kappa shape index (κ2) is 6.01. The summed E-state index contributed by atoms with van der Waals surface area (Å²) in [7, 11) is 0. The van der Waals surface area contributed by atoms with Gasteiger partial charge in [-0.1, -0.05) is 22.0 Å². The van der Waals surface area contributed by atoms with Gasteiger partial charge in [0.05, 0.1) is 10.5 Å². The van der Waals surface area contributed by atoms with Crippen molar-refractivity contribution in [2.75, 3.05) is 5.32 Å². The molecule has 21 heavy (non-hydrogen) atoms. The molecule has 2 rings (SSSR count). The molecule has 0 fully saturated rings. The van der Waals surface area contributed by atoms with Crippen LogP contribution in [0.2, 0.25) is 0 Å². The number of nitro benzene ring substituents is 1. The van der Waals surface area contributed by atoms with Crippen molar-refractivity contribution >= 4 is 33.2 Å². The van der Waals surface area contributed by atoms with Gasteiger partial charge in [-0.25, -0.2) is 4.39 Å². The van der Waals surface area contributed by atoms with Gasteiger partial charge in [0.15, 0.2) is 0 Å². The van der Waals surface area contributed by atoms with Crippen LogP contribution in [0.25, 0.3) is 0 Å². The zero-order valence-electron chi connectivity index (χ0n) is 10.9. The van der Waals surface area contributed by atoms with E-state index in [0.717, 1.165) is 16.6 Å². The number of rotatable bonds is 3. The maximum atomic E-state index is 14.0. The molecule has 0 atom stereocenters. The minimum Gasteiger partial charge on any atom is -0.322 e. The van der Waals surface area contributed by atoms with Crippen LogP contribution in [0.1, 0.15) is 15.9 Å². The van der Waals surface area contributed by atoms with Crippen molar-refractivity contribution in [2.24, 2.45) is 0 Å². The zero-order chi connectivity index (χ0) is 15.6. The Hall–Kier alpha value is -2.28. The number of hydrogen-bond donors (Lipinski definition) is 1. The van der Waals surface area contributed by atoms with Gasteiger partial charge in [-0.05, 0) is 30.7 Å². The average Bonchev–Trinajstić information content (AvgIpc) is 2.41. The lowest BCUT2D eigenvalue weighted by Gasteiger charge is -2.08. The summed E-state index contributed by atoms with van der Waals surface area (Å²) in [6.07, 6.45) is 0. The van der Waals surface area contributed by atoms with Gasteiger partial charge < -0.3 is 5.32 Å². The Morgan fingerprint density at radius 3 is 2.67 bits per heavy atom. The number of anilines is 1. The average molecular weight is 353 g/mol. The van der Waals surface area contributed by atoms with Gasteiger partial charge in [0, 0.05) is 22.3 Å². The summed E-state index contributed by atoms with van der Waals surface area (Å²) in [5, 5.41) is 13.3. The van der Waals surface area contributed by atoms with Gasteiger partial charge in [-0.15, -0.1) is 0 Å². The van der Waals surface area contributed by atoms with Crippen molar-refractivity contribution in [3.8, 4) is 0 Å². The summed E-state index contributed by atoms with van der Waals surface area (Å²) >= 11 is 3.25. The van der Waals surface area contributed by atoms with Gasteiger partial charge in [-0.3, -0.25) is 14.9 Å². The molecule has 2 aromatic rings. The van der Waals surface area contributed by atoms with Crippen molar-refractivity contribution < 1.29 is 14.1 Å². The van der Waals surface area contributed by atoms with Crippen molar-refractivity contribution in [3.05, 3.63) is 67.9 Å². The number of aryl methyl sites for hydroxylation is 1. The van der Waals surface area contributed by atoms with E-state index < -0.39 is 16.6 Å². The first-order chi connectivity index (χ1) is 9.88. The molecule has 0 aliphatic heterocycles. The summed E-state index contributed by atoms with van der Waals surface area (Å²) in [6, 6.07) is 8.76. The number of carbonyl (C=O) groups is 1. The molecule has 0 saturated heterocycles. The molecule has 0 aliphatic carbocycles. The van der Waals surface area contributed by atoms with Crippen LogP contribution in [0.3, 0.4) is 0 Å². The highest BCUT2D eigenvalue weighted by Gasteiger charge is 2.19. The first-order valence-electron chi connectivity index (χ1n) is 5.90. The lowest BCUT2D eigenvalue weighted by Crippen LogP contribution is -2.15. The number of halogens is 2. The van der Waals surface area contributed by atoms with E-state index in [1.54, 1.807) is 24.3 Å². The van der Waals surface area contributed by atoms with Gasteiger partial charge in [0.1, 0.15) is 5.82 Å². The highest BCUT2D eigenvalue weighted by molar-refractivity contribution is 9.10. The van der Waals surface area contributed by atoms with Crippen LogP contribution in [0.4, 0.5) is 15.8 Å². The molecule has 5 nitrogen and oxygen atoms in total. The predicted molar refractivity (Wildman–Crippen MR) is 79.9 cm³/mol. The maximum Gasteiger partial charge on any atom is 0.270 e. The Balaban J connectivity index is 2.37. The highest BCUT2D eigenvalue weighted by Crippen LogP contribution is 2.23. The molecule has 0 radical (unpaired) electrons. The van der Waals surface area contributed by atoms with Gasteiger partial charge in [-0.2, -0.15) is 0 Å². The number of nitro groups is 1. The van der Waals surface area contributed by atoms with E-state index in [2.05, 4.69) is 21.2 Å². The second-order valence-electron chi connectivity index (χ2n) is 4.35. The molecule has 2 aromatic carbocycles. The zero-order valence-corrected chi connectivity index (χ0v) is 12.5. The molecule has 0 spiro atoms. The largest absolute Gasteiger partial charge is 0.322 e. The predicted octanol–water partition coefficient (Wildman–Crippen LogP) is 4.06. The Morgan fingerprint density at radius 2 is 2.05 bits per heavy atom. The molecular formula is C14H10BrFN2O3. The van der Waals surface area contributed by atoms with Crippen LogP contribution in [0.15, 0.2) is 40.9 Å². The summed E-state index contributed by atoms with van der Waals surface area (Å²) < 4.78 is 14.7. The number of amides is 1. The molecule has 1 N–H and O–H groups in total. The monoisotopic (exact) mass is 352 g/mol. The third-order valence-corrected chi connectivity index (χ3v) is 3.27. The molecule has 0 saturated carbocycles. The first kappa shape index (κ1) is 15.1. The summed E-state index contributed by atoms with van der Waals surface area (Å²) in [5.74, 6) is -1.51. The number of nitrogens with zero attached hydrogens (tertiary/aromatic N) is 1. The van der Waals surface area contributed by atoms with Crippen LogP contribution < -0.4 is 5.32 Å². The van der Waals surface area contributed by atoms with Crippen LogP contribution >= 0.6 is 15.9 Å². The van der Waals surface area contributed by atoms with E-state index in [4.69, 9.17) is 0 Å². The summed E-state index contributed by atoms with van der Waals surface area (Å²) in [5.41, 5.74) is -0.184. The molecule has 7 heteroatoms. The van der Waals surface area contributed by atoms with Crippen LogP contribution in [-0.4, -0.2) is 10.8 Å². The van der Waals surface area contributed by atoms with E-state index >= 15 is 0 Å². The molecule has 0 aromatic heterocycles. The molecule has 0 unspecified atom stereocenters. The summed E-state index contributed by atoms with van der Waals surface area (Å²) in [4.78, 5) is 22.2. The number of non-ortho nitro benzene ring substituents is 1. The molecule has 0 heterocycles. The quantitative estimate of drug-likeness (QED) is 0.668. The van der Waals surface area contributed by atoms with Crippen LogP contribution in [0.5, 0.6) is 0 Å². The van der Waals surface area contributed by atoms with E-state index in [9.17, 15) is 19.3 Å². The van der Waals surface area contributed by atoms with E-state index in [0.29, 0.717) is 5.69 Å². The number of hydrogen-bond acceptors (Lipinski definition) is 3. The molecule has 108 valence electrons. The Labute approximate surface area is 128 Å². The third-order valence-electron chi connectivity index (χ3n) is 2.78. The van der Waals surface area contributed by atoms with E-state index in [-0.39, 0.29) is 16.8 Å². The van der Waals surface area contributed by atoms with Gasteiger partial charge >= 0.3 is 0 Å². The lowest BCUT2D eigenvalue weighted by atomic mass is 10.1. The third kappa shape index (κ3) is 3.43. The van der Waals surface area contributed by atoms with E-state index in [1.165, 1.54) is 6.92 Å². The second-order valence-corrected chi connectivity index (χ2v) is 5.26. The number of carbonyl (C=O) groups excluding carboxylic acids is 1. The Kier molecular flexibility index (Phi) is 4.32. The molecule has 0 bridgehead atoms. The van der Waals surface area contributed by atoms with Crippen molar-refractivity contribution in [1.29, 1.82) is 0 Å². The van der Waals surface area contributed by atoms with Gasteiger partial charge in [0.2, 0.25) is 0 Å². The van der Waals surface area contributed by atoms with E-state index in [1.807, 2.05) is 0 Å². The number of nitrogens with one attached hydrogen (secondary N) is 1. The normalized spacial score (nSPS) is 10.2. The smallest absolute Gasteiger partial charge is 0.270 e. The van der Waals surface area contributed by atoms with Crippen molar-refractivity contribution in [1.82, 2.24) is 0 Å². The van der Waals surface area contributed by atoms with Crippen molar-refractivity contribution in [3.63, 3.8) is 0 Å². The summed E-state index contributed by atoms with van der Waals surface area (Å²) in [6.45, 7) is 1.37.